The number of nitrogens with one attached hydrogen (secondary N) is 1. The van der Waals surface area contributed by atoms with Gasteiger partial charge in [0.15, 0.2) is 0 Å². The summed E-state index contributed by atoms with van der Waals surface area (Å²) in [6.45, 7) is 6.79. The van der Waals surface area contributed by atoms with E-state index in [1.54, 1.807) is 13.0 Å². The normalized spacial score (nSPS) is 18.6. The van der Waals surface area contributed by atoms with Crippen molar-refractivity contribution in [1.29, 1.82) is 0 Å². The zero-order valence-electron chi connectivity index (χ0n) is 11.1. The monoisotopic (exact) mass is 327 g/mol. The van der Waals surface area contributed by atoms with Gasteiger partial charge in [0.25, 0.3) is 5.69 Å². The zero-order chi connectivity index (χ0) is 14.0. The third kappa shape index (κ3) is 2.90. The van der Waals surface area contributed by atoms with Crippen molar-refractivity contribution in [2.24, 2.45) is 0 Å². The minimum Gasteiger partial charge on any atom is -0.367 e. The summed E-state index contributed by atoms with van der Waals surface area (Å²) >= 11 is 3.47. The molecule has 1 N–H and O–H groups in total. The molecule has 0 amide bonds. The number of nitro benzene ring substituents is 1. The van der Waals surface area contributed by atoms with Crippen LogP contribution in [-0.2, 0) is 0 Å². The van der Waals surface area contributed by atoms with Crippen LogP contribution in [-0.4, -0.2) is 30.6 Å². The molecule has 0 saturated carbocycles. The summed E-state index contributed by atoms with van der Waals surface area (Å²) in [5.41, 5.74) is 1.91. The van der Waals surface area contributed by atoms with Gasteiger partial charge in [-0.2, -0.15) is 0 Å². The van der Waals surface area contributed by atoms with Gasteiger partial charge in [-0.25, -0.2) is 0 Å². The molecule has 0 radical (unpaired) electrons. The van der Waals surface area contributed by atoms with Crippen LogP contribution in [0.1, 0.15) is 18.9 Å². The number of hydrogen-bond acceptors (Lipinski definition) is 4. The van der Waals surface area contributed by atoms with E-state index in [4.69, 9.17) is 0 Å². The number of aryl methyl sites for hydroxylation is 1. The summed E-state index contributed by atoms with van der Waals surface area (Å²) in [6, 6.07) is 3.97. The molecule has 2 rings (SSSR count). The molecule has 19 heavy (non-hydrogen) atoms. The second-order valence-electron chi connectivity index (χ2n) is 4.78. The van der Waals surface area contributed by atoms with Gasteiger partial charge in [-0.15, -0.1) is 0 Å². The van der Waals surface area contributed by atoms with E-state index in [0.29, 0.717) is 11.6 Å². The van der Waals surface area contributed by atoms with Gasteiger partial charge in [-0.1, -0.05) is 0 Å². The Hall–Kier alpha value is -1.14. The maximum Gasteiger partial charge on any atom is 0.273 e. The Morgan fingerprint density at radius 3 is 2.84 bits per heavy atom. The Morgan fingerprint density at radius 2 is 2.32 bits per heavy atom. The zero-order valence-corrected chi connectivity index (χ0v) is 12.7. The van der Waals surface area contributed by atoms with Crippen LogP contribution in [0.2, 0.25) is 0 Å². The Morgan fingerprint density at radius 1 is 1.58 bits per heavy atom. The highest BCUT2D eigenvalue weighted by molar-refractivity contribution is 9.10. The highest BCUT2D eigenvalue weighted by Gasteiger charge is 2.24. The van der Waals surface area contributed by atoms with Gasteiger partial charge >= 0.3 is 0 Å². The van der Waals surface area contributed by atoms with Crippen LogP contribution in [0, 0.1) is 17.0 Å². The Balaban J connectivity index is 2.37. The molecule has 1 unspecified atom stereocenters. The number of rotatable bonds is 4. The number of anilines is 1. The van der Waals surface area contributed by atoms with E-state index in [-0.39, 0.29) is 10.6 Å². The smallest absolute Gasteiger partial charge is 0.273 e. The third-order valence-corrected chi connectivity index (χ3v) is 4.22. The summed E-state index contributed by atoms with van der Waals surface area (Å²) in [5, 5.41) is 14.3. The minimum atomic E-state index is -0.336. The molecule has 1 aromatic carbocycles. The molecule has 1 heterocycles. The fraction of sp³-hybridized carbons (Fsp3) is 0.538. The molecule has 0 spiro atoms. The first-order valence-electron chi connectivity index (χ1n) is 6.46. The molecule has 104 valence electrons. The van der Waals surface area contributed by atoms with Crippen molar-refractivity contribution in [1.82, 2.24) is 5.32 Å². The molecule has 1 fully saturated rings. The third-order valence-electron chi connectivity index (χ3n) is 3.59. The van der Waals surface area contributed by atoms with E-state index in [1.807, 2.05) is 6.07 Å². The van der Waals surface area contributed by atoms with Crippen molar-refractivity contribution in [3.05, 3.63) is 32.3 Å². The van der Waals surface area contributed by atoms with Crippen molar-refractivity contribution < 1.29 is 4.92 Å². The van der Waals surface area contributed by atoms with Crippen LogP contribution in [0.25, 0.3) is 0 Å². The summed E-state index contributed by atoms with van der Waals surface area (Å²) in [5.74, 6) is 0. The first-order chi connectivity index (χ1) is 9.04. The van der Waals surface area contributed by atoms with Crippen molar-refractivity contribution in [3.63, 3.8) is 0 Å². The molecule has 6 heteroatoms. The molecule has 1 saturated heterocycles. The molecule has 1 aliphatic heterocycles. The molecule has 0 aliphatic carbocycles. The van der Waals surface area contributed by atoms with Crippen LogP contribution < -0.4 is 10.2 Å². The Bertz CT molecular complexity index is 487. The van der Waals surface area contributed by atoms with Crippen molar-refractivity contribution in [2.75, 3.05) is 24.5 Å². The van der Waals surface area contributed by atoms with Gasteiger partial charge in [0.1, 0.15) is 0 Å². The largest absolute Gasteiger partial charge is 0.367 e. The molecule has 5 nitrogen and oxygen atoms in total. The van der Waals surface area contributed by atoms with Crippen LogP contribution in [0.4, 0.5) is 11.4 Å². The number of halogens is 1. The molecule has 1 atom stereocenters. The van der Waals surface area contributed by atoms with Crippen LogP contribution in [0.5, 0.6) is 0 Å². The summed E-state index contributed by atoms with van der Waals surface area (Å²) in [4.78, 5) is 12.9. The SMILES string of the molecule is CCN(c1cc(C)c([N+](=O)[O-])cc1Br)C1CCNC1. The topological polar surface area (TPSA) is 58.4 Å². The lowest BCUT2D eigenvalue weighted by Gasteiger charge is -2.30. The maximum absolute atomic E-state index is 10.9. The molecular formula is C13H18BrN3O2. The van der Waals surface area contributed by atoms with E-state index in [2.05, 4.69) is 33.1 Å². The van der Waals surface area contributed by atoms with Gasteiger partial charge in [0.05, 0.1) is 10.6 Å². The van der Waals surface area contributed by atoms with Gasteiger partial charge < -0.3 is 10.2 Å². The van der Waals surface area contributed by atoms with Gasteiger partial charge in [0.2, 0.25) is 0 Å². The average Bonchev–Trinajstić information content (AvgIpc) is 2.87. The quantitative estimate of drug-likeness (QED) is 0.682. The summed E-state index contributed by atoms with van der Waals surface area (Å²) < 4.78 is 0.790. The predicted molar refractivity (Wildman–Crippen MR) is 79.8 cm³/mol. The highest BCUT2D eigenvalue weighted by atomic mass is 79.9. The van der Waals surface area contributed by atoms with E-state index in [1.165, 1.54) is 0 Å². The molecule has 0 bridgehead atoms. The first kappa shape index (κ1) is 14.3. The lowest BCUT2D eigenvalue weighted by atomic mass is 10.1. The molecule has 1 aliphatic rings. The number of nitrogens with zero attached hydrogens (tertiary/aromatic N) is 2. The predicted octanol–water partition coefficient (Wildman–Crippen LogP) is 2.85. The van der Waals surface area contributed by atoms with Gasteiger partial charge in [0, 0.05) is 35.2 Å². The van der Waals surface area contributed by atoms with Crippen LogP contribution >= 0.6 is 15.9 Å². The van der Waals surface area contributed by atoms with Crippen molar-refractivity contribution in [2.45, 2.75) is 26.3 Å². The lowest BCUT2D eigenvalue weighted by Crippen LogP contribution is -2.37. The molecular weight excluding hydrogens is 310 g/mol. The van der Waals surface area contributed by atoms with E-state index in [9.17, 15) is 10.1 Å². The van der Waals surface area contributed by atoms with Crippen LogP contribution in [0.3, 0.4) is 0 Å². The number of hydrogen-bond donors (Lipinski definition) is 1. The molecule has 1 aromatic rings. The van der Waals surface area contributed by atoms with Gasteiger partial charge in [-0.05, 0) is 48.8 Å². The Kier molecular flexibility index (Phi) is 4.42. The lowest BCUT2D eigenvalue weighted by molar-refractivity contribution is -0.385. The molecule has 0 aromatic heterocycles. The van der Waals surface area contributed by atoms with Crippen molar-refractivity contribution >= 4 is 27.3 Å². The number of benzene rings is 1. The Labute approximate surface area is 121 Å². The second kappa shape index (κ2) is 5.88. The fourth-order valence-electron chi connectivity index (χ4n) is 2.60. The number of nitro groups is 1. The maximum atomic E-state index is 10.9. The summed E-state index contributed by atoms with van der Waals surface area (Å²) in [6.07, 6.45) is 1.11. The van der Waals surface area contributed by atoms with E-state index < -0.39 is 0 Å². The standard InChI is InChI=1S/C13H18BrN3O2/c1-3-16(10-4-5-15-8-10)13-6-9(2)12(17(18)19)7-11(13)14/h6-7,10,15H,3-5,8H2,1-2H3. The average molecular weight is 328 g/mol. The second-order valence-corrected chi connectivity index (χ2v) is 5.63. The highest BCUT2D eigenvalue weighted by Crippen LogP contribution is 2.34. The van der Waals surface area contributed by atoms with E-state index >= 15 is 0 Å². The van der Waals surface area contributed by atoms with Gasteiger partial charge in [-0.3, -0.25) is 10.1 Å². The first-order valence-corrected chi connectivity index (χ1v) is 7.25. The van der Waals surface area contributed by atoms with E-state index in [0.717, 1.165) is 36.2 Å². The number of likely N-dealkylation sites (N-methyl/N-ethyl adjacent to an activating group) is 1. The fourth-order valence-corrected chi connectivity index (χ4v) is 3.16. The van der Waals surface area contributed by atoms with Crippen LogP contribution in [0.15, 0.2) is 16.6 Å². The van der Waals surface area contributed by atoms with Crippen molar-refractivity contribution in [3.8, 4) is 0 Å². The summed E-state index contributed by atoms with van der Waals surface area (Å²) in [7, 11) is 0. The minimum absolute atomic E-state index is 0.163.